The summed E-state index contributed by atoms with van der Waals surface area (Å²) >= 11 is 0. The van der Waals surface area contributed by atoms with Crippen molar-refractivity contribution in [2.45, 2.75) is 37.8 Å². The second kappa shape index (κ2) is 12.6. The summed E-state index contributed by atoms with van der Waals surface area (Å²) < 4.78 is 12.3. The van der Waals surface area contributed by atoms with Crippen molar-refractivity contribution in [2.75, 3.05) is 6.61 Å². The van der Waals surface area contributed by atoms with Gasteiger partial charge >= 0.3 is 12.1 Å². The summed E-state index contributed by atoms with van der Waals surface area (Å²) in [4.78, 5) is 27.2. The molecule has 1 N–H and O–H groups in total. The van der Waals surface area contributed by atoms with Gasteiger partial charge in [-0.15, -0.1) is 0 Å². The molecule has 1 unspecified atom stereocenters. The van der Waals surface area contributed by atoms with Gasteiger partial charge in [-0.1, -0.05) is 146 Å². The van der Waals surface area contributed by atoms with Crippen LogP contribution >= 0.6 is 0 Å². The average molecular weight is 582 g/mol. The molecule has 0 radical (unpaired) electrons. The molecular weight excluding hydrogens is 546 g/mol. The largest absolute Gasteiger partial charge is 0.449 e. The number of fused-ring (bicyclic) bond motifs is 3. The highest BCUT2D eigenvalue weighted by molar-refractivity contribution is 5.83. The van der Waals surface area contributed by atoms with E-state index in [1.807, 2.05) is 123 Å². The molecule has 0 spiro atoms. The van der Waals surface area contributed by atoms with E-state index in [0.717, 1.165) is 44.5 Å². The van der Waals surface area contributed by atoms with Crippen LogP contribution in [-0.2, 0) is 19.9 Å². The quantitative estimate of drug-likeness (QED) is 0.141. The van der Waals surface area contributed by atoms with Gasteiger partial charge in [0.1, 0.15) is 12.6 Å². The third-order valence-electron chi connectivity index (χ3n) is 8.40. The number of alkyl carbamates (subject to hydrolysis) is 1. The molecule has 0 saturated heterocycles. The zero-order valence-corrected chi connectivity index (χ0v) is 24.9. The number of amides is 1. The topological polar surface area (TPSA) is 64.6 Å². The number of esters is 1. The van der Waals surface area contributed by atoms with E-state index in [9.17, 15) is 9.59 Å². The van der Waals surface area contributed by atoms with Gasteiger partial charge < -0.3 is 14.8 Å². The summed E-state index contributed by atoms with van der Waals surface area (Å²) in [5.74, 6) is -0.625. The molecule has 5 heteroatoms. The Hall–Kier alpha value is -5.16. The first-order valence-corrected chi connectivity index (χ1v) is 15.0. The maximum Gasteiger partial charge on any atom is 0.407 e. The number of hydrogen-bond acceptors (Lipinski definition) is 4. The van der Waals surface area contributed by atoms with E-state index in [2.05, 4.69) is 29.6 Å². The van der Waals surface area contributed by atoms with Crippen LogP contribution in [-0.4, -0.2) is 24.7 Å². The van der Waals surface area contributed by atoms with E-state index < -0.39 is 23.7 Å². The SMILES string of the molecule is CCC(NC(=O)OCC1c2ccccc2-c2ccccc21)C(=O)OC(c1ccccc1)(c1ccccc1)c1ccc(C)cc1. The van der Waals surface area contributed by atoms with Gasteiger partial charge in [-0.2, -0.15) is 0 Å². The van der Waals surface area contributed by atoms with Crippen LogP contribution < -0.4 is 5.32 Å². The second-order valence-electron chi connectivity index (χ2n) is 11.1. The molecule has 0 aromatic heterocycles. The van der Waals surface area contributed by atoms with Gasteiger partial charge in [-0.25, -0.2) is 9.59 Å². The zero-order valence-electron chi connectivity index (χ0n) is 24.9. The number of rotatable bonds is 9. The number of benzene rings is 5. The van der Waals surface area contributed by atoms with Crippen molar-refractivity contribution >= 4 is 12.1 Å². The van der Waals surface area contributed by atoms with Crippen molar-refractivity contribution in [3.05, 3.63) is 167 Å². The fourth-order valence-corrected chi connectivity index (χ4v) is 6.14. The van der Waals surface area contributed by atoms with E-state index in [1.165, 1.54) is 0 Å². The normalized spacial score (nSPS) is 13.0. The van der Waals surface area contributed by atoms with Crippen molar-refractivity contribution in [3.63, 3.8) is 0 Å². The summed E-state index contributed by atoms with van der Waals surface area (Å²) in [5.41, 5.74) is 6.84. The predicted octanol–water partition coefficient (Wildman–Crippen LogP) is 8.15. The number of hydrogen-bond donors (Lipinski definition) is 1. The Morgan fingerprint density at radius 1 is 0.682 bits per heavy atom. The molecule has 0 bridgehead atoms. The molecule has 1 aliphatic rings. The molecule has 5 nitrogen and oxygen atoms in total. The van der Waals surface area contributed by atoms with Crippen molar-refractivity contribution in [2.24, 2.45) is 0 Å². The molecule has 1 aliphatic carbocycles. The van der Waals surface area contributed by atoms with Crippen LogP contribution in [0.25, 0.3) is 11.1 Å². The van der Waals surface area contributed by atoms with Crippen molar-refractivity contribution in [1.82, 2.24) is 5.32 Å². The molecule has 44 heavy (non-hydrogen) atoms. The van der Waals surface area contributed by atoms with Crippen molar-refractivity contribution in [1.29, 1.82) is 0 Å². The van der Waals surface area contributed by atoms with E-state index >= 15 is 0 Å². The Bertz CT molecular complexity index is 1660. The lowest BCUT2D eigenvalue weighted by molar-refractivity contribution is -0.156. The van der Waals surface area contributed by atoms with E-state index in [4.69, 9.17) is 9.47 Å². The standard InChI is InChI=1S/C39H35NO4/c1-3-36(40-38(42)43-26-35-33-20-12-10-18-31(33)32-19-11-13-21-34(32)35)37(41)44-39(28-14-6-4-7-15-28,29-16-8-5-9-17-29)30-24-22-27(2)23-25-30/h4-25,35-36H,3,26H2,1-2H3,(H,40,42). The Kier molecular flexibility index (Phi) is 8.29. The van der Waals surface area contributed by atoms with E-state index in [0.29, 0.717) is 6.42 Å². The van der Waals surface area contributed by atoms with Crippen LogP contribution in [0.5, 0.6) is 0 Å². The lowest BCUT2D eigenvalue weighted by Crippen LogP contribution is -2.46. The van der Waals surface area contributed by atoms with Crippen LogP contribution in [0.2, 0.25) is 0 Å². The highest BCUT2D eigenvalue weighted by Crippen LogP contribution is 2.45. The van der Waals surface area contributed by atoms with Gasteiger partial charge in [0.15, 0.2) is 5.60 Å². The molecular formula is C39H35NO4. The maximum atomic E-state index is 14.0. The van der Waals surface area contributed by atoms with Gasteiger partial charge in [0.25, 0.3) is 0 Å². The highest BCUT2D eigenvalue weighted by atomic mass is 16.6. The van der Waals surface area contributed by atoms with Crippen molar-refractivity contribution in [3.8, 4) is 11.1 Å². The molecule has 6 rings (SSSR count). The minimum atomic E-state index is -1.23. The van der Waals surface area contributed by atoms with Gasteiger partial charge in [0.2, 0.25) is 0 Å². The molecule has 0 heterocycles. The van der Waals surface area contributed by atoms with E-state index in [1.54, 1.807) is 0 Å². The first-order chi connectivity index (χ1) is 21.5. The first kappa shape index (κ1) is 28.9. The van der Waals surface area contributed by atoms with Crippen LogP contribution in [0.3, 0.4) is 0 Å². The van der Waals surface area contributed by atoms with Gasteiger partial charge in [-0.05, 0) is 35.6 Å². The minimum absolute atomic E-state index is 0.0782. The van der Waals surface area contributed by atoms with Gasteiger partial charge in [0.05, 0.1) is 0 Å². The summed E-state index contributed by atoms with van der Waals surface area (Å²) in [7, 11) is 0. The Morgan fingerprint density at radius 3 is 1.68 bits per heavy atom. The van der Waals surface area contributed by atoms with E-state index in [-0.39, 0.29) is 12.5 Å². The van der Waals surface area contributed by atoms with Crippen molar-refractivity contribution < 1.29 is 19.1 Å². The molecule has 220 valence electrons. The third kappa shape index (κ3) is 5.49. The van der Waals surface area contributed by atoms with Crippen LogP contribution in [0.15, 0.2) is 133 Å². The van der Waals surface area contributed by atoms with Crippen LogP contribution in [0.4, 0.5) is 4.79 Å². The lowest BCUT2D eigenvalue weighted by Gasteiger charge is -2.36. The molecule has 5 aromatic carbocycles. The summed E-state index contributed by atoms with van der Waals surface area (Å²) in [6.07, 6.45) is -0.327. The monoisotopic (exact) mass is 581 g/mol. The number of carbonyl (C=O) groups excluding carboxylic acids is 2. The van der Waals surface area contributed by atoms with Crippen LogP contribution in [0, 0.1) is 6.92 Å². The van der Waals surface area contributed by atoms with Gasteiger partial charge in [0, 0.05) is 22.6 Å². The number of carbonyl (C=O) groups is 2. The second-order valence-corrected chi connectivity index (χ2v) is 11.1. The smallest absolute Gasteiger partial charge is 0.407 e. The average Bonchev–Trinajstić information content (AvgIpc) is 3.40. The Labute approximate surface area is 258 Å². The molecule has 0 aliphatic heterocycles. The lowest BCUT2D eigenvalue weighted by atomic mass is 9.79. The summed E-state index contributed by atoms with van der Waals surface area (Å²) in [6, 6.07) is 42.9. The predicted molar refractivity (Wildman–Crippen MR) is 172 cm³/mol. The fraction of sp³-hybridized carbons (Fsp3) is 0.179. The maximum absolute atomic E-state index is 14.0. The first-order valence-electron chi connectivity index (χ1n) is 15.0. The number of ether oxygens (including phenoxy) is 2. The number of aryl methyl sites for hydroxylation is 1. The molecule has 5 aromatic rings. The Morgan fingerprint density at radius 2 is 1.16 bits per heavy atom. The summed E-state index contributed by atoms with van der Waals surface area (Å²) in [6.45, 7) is 4.02. The van der Waals surface area contributed by atoms with Crippen LogP contribution in [0.1, 0.15) is 52.6 Å². The molecule has 1 atom stereocenters. The third-order valence-corrected chi connectivity index (χ3v) is 8.40. The van der Waals surface area contributed by atoms with Gasteiger partial charge in [-0.3, -0.25) is 0 Å². The molecule has 0 saturated carbocycles. The minimum Gasteiger partial charge on any atom is -0.449 e. The molecule has 1 amide bonds. The summed E-state index contributed by atoms with van der Waals surface area (Å²) in [5, 5.41) is 2.79. The highest BCUT2D eigenvalue weighted by Gasteiger charge is 2.42. The Balaban J connectivity index is 1.25. The number of nitrogens with one attached hydrogen (secondary N) is 1. The fourth-order valence-electron chi connectivity index (χ4n) is 6.14. The molecule has 0 fully saturated rings. The zero-order chi connectivity index (χ0) is 30.5.